The highest BCUT2D eigenvalue weighted by Crippen LogP contribution is 2.36. The molecular formula is C18H12F7NO3. The number of amides is 1. The van der Waals surface area contributed by atoms with Crippen LogP contribution in [0.5, 0.6) is 0 Å². The first kappa shape index (κ1) is 22.2. The number of hydrogen-bond acceptors (Lipinski definition) is 2. The zero-order valence-electron chi connectivity index (χ0n) is 14.2. The van der Waals surface area contributed by atoms with Gasteiger partial charge in [0, 0.05) is 12.0 Å². The van der Waals surface area contributed by atoms with Crippen LogP contribution in [0.1, 0.15) is 27.0 Å². The fourth-order valence-electron chi connectivity index (χ4n) is 2.43. The number of nitrogens with one attached hydrogen (secondary N) is 1. The summed E-state index contributed by atoms with van der Waals surface area (Å²) in [5, 5.41) is 11.1. The molecule has 0 aliphatic carbocycles. The number of hydrogen-bond donors (Lipinski definition) is 2. The van der Waals surface area contributed by atoms with Crippen molar-refractivity contribution in [3.8, 4) is 0 Å². The number of aliphatic carboxylic acids is 1. The molecule has 2 aromatic carbocycles. The van der Waals surface area contributed by atoms with Crippen LogP contribution in [0.15, 0.2) is 42.5 Å². The molecule has 2 N–H and O–H groups in total. The molecule has 0 aliphatic heterocycles. The fraction of sp³-hybridized carbons (Fsp3) is 0.222. The van der Waals surface area contributed by atoms with Gasteiger partial charge in [-0.05, 0) is 35.9 Å². The molecular weight excluding hydrogens is 411 g/mol. The number of benzene rings is 2. The van der Waals surface area contributed by atoms with E-state index in [2.05, 4.69) is 0 Å². The molecule has 0 saturated heterocycles. The molecule has 0 unspecified atom stereocenters. The van der Waals surface area contributed by atoms with Gasteiger partial charge in [0.25, 0.3) is 5.91 Å². The first-order chi connectivity index (χ1) is 13.3. The van der Waals surface area contributed by atoms with Crippen molar-refractivity contribution in [2.24, 2.45) is 0 Å². The maximum Gasteiger partial charge on any atom is 0.416 e. The van der Waals surface area contributed by atoms with Crippen LogP contribution in [0.25, 0.3) is 0 Å². The minimum atomic E-state index is -5.16. The van der Waals surface area contributed by atoms with E-state index in [1.807, 2.05) is 5.32 Å². The van der Waals surface area contributed by atoms with Crippen LogP contribution in [0.3, 0.4) is 0 Å². The van der Waals surface area contributed by atoms with Gasteiger partial charge in [0.2, 0.25) is 0 Å². The lowest BCUT2D eigenvalue weighted by Crippen LogP contribution is -2.42. The molecule has 1 amide bonds. The Balaban J connectivity index is 2.35. The molecule has 0 heterocycles. The highest BCUT2D eigenvalue weighted by Gasteiger charge is 2.37. The van der Waals surface area contributed by atoms with E-state index in [0.717, 1.165) is 12.1 Å². The van der Waals surface area contributed by atoms with Gasteiger partial charge in [-0.15, -0.1) is 0 Å². The lowest BCUT2D eigenvalue weighted by molar-refractivity contribution is -0.143. The molecule has 1 atom stereocenters. The maximum atomic E-state index is 13.2. The van der Waals surface area contributed by atoms with Gasteiger partial charge < -0.3 is 10.4 Å². The normalized spacial score (nSPS) is 13.1. The summed E-state index contributed by atoms with van der Waals surface area (Å²) in [4.78, 5) is 23.5. The predicted molar refractivity (Wildman–Crippen MR) is 85.4 cm³/mol. The number of halogens is 7. The molecule has 0 radical (unpaired) electrons. The van der Waals surface area contributed by atoms with Gasteiger partial charge in [0.15, 0.2) is 0 Å². The van der Waals surface area contributed by atoms with Crippen molar-refractivity contribution in [2.75, 3.05) is 0 Å². The maximum absolute atomic E-state index is 13.2. The van der Waals surface area contributed by atoms with Crippen molar-refractivity contribution in [1.82, 2.24) is 5.32 Å². The molecule has 0 saturated carbocycles. The summed E-state index contributed by atoms with van der Waals surface area (Å²) < 4.78 is 90.5. The summed E-state index contributed by atoms with van der Waals surface area (Å²) in [5.41, 5.74) is -4.29. The van der Waals surface area contributed by atoms with E-state index in [9.17, 15) is 45.4 Å². The van der Waals surface area contributed by atoms with Gasteiger partial charge in [0.05, 0.1) is 11.1 Å². The molecule has 156 valence electrons. The van der Waals surface area contributed by atoms with Gasteiger partial charge in [-0.25, -0.2) is 9.18 Å². The van der Waals surface area contributed by atoms with E-state index in [1.54, 1.807) is 0 Å². The molecule has 0 bridgehead atoms. The Morgan fingerprint density at radius 2 is 1.48 bits per heavy atom. The van der Waals surface area contributed by atoms with Crippen LogP contribution in [-0.2, 0) is 23.6 Å². The van der Waals surface area contributed by atoms with Crippen molar-refractivity contribution in [1.29, 1.82) is 0 Å². The second-order valence-corrected chi connectivity index (χ2v) is 5.99. The molecule has 4 nitrogen and oxygen atoms in total. The van der Waals surface area contributed by atoms with Crippen LogP contribution in [-0.4, -0.2) is 23.0 Å². The summed E-state index contributed by atoms with van der Waals surface area (Å²) in [6.07, 6.45) is -10.8. The van der Waals surface area contributed by atoms with Gasteiger partial charge in [-0.2, -0.15) is 26.3 Å². The van der Waals surface area contributed by atoms with Crippen LogP contribution in [0.2, 0.25) is 0 Å². The summed E-state index contributed by atoms with van der Waals surface area (Å²) in [6, 6.07) is 3.18. The first-order valence-corrected chi connectivity index (χ1v) is 7.85. The van der Waals surface area contributed by atoms with E-state index in [4.69, 9.17) is 0 Å². The highest BCUT2D eigenvalue weighted by atomic mass is 19.4. The third-order valence-electron chi connectivity index (χ3n) is 3.78. The largest absolute Gasteiger partial charge is 0.480 e. The minimum Gasteiger partial charge on any atom is -0.480 e. The zero-order valence-corrected chi connectivity index (χ0v) is 14.2. The Morgan fingerprint density at radius 1 is 0.931 bits per heavy atom. The van der Waals surface area contributed by atoms with Crippen molar-refractivity contribution >= 4 is 11.9 Å². The molecule has 0 aliphatic rings. The Hall–Kier alpha value is -3.11. The highest BCUT2D eigenvalue weighted by molar-refractivity contribution is 5.97. The summed E-state index contributed by atoms with van der Waals surface area (Å²) in [5.74, 6) is -3.75. The number of carbonyl (C=O) groups is 2. The quantitative estimate of drug-likeness (QED) is 0.706. The molecule has 0 aromatic heterocycles. The Bertz CT molecular complexity index is 890. The average molecular weight is 423 g/mol. The number of carboxylic acids is 1. The average Bonchev–Trinajstić information content (AvgIpc) is 2.59. The number of rotatable bonds is 5. The van der Waals surface area contributed by atoms with Gasteiger partial charge >= 0.3 is 18.3 Å². The van der Waals surface area contributed by atoms with E-state index < -0.39 is 59.2 Å². The smallest absolute Gasteiger partial charge is 0.416 e. The predicted octanol–water partition coefficient (Wildman–Crippen LogP) is 4.29. The molecule has 29 heavy (non-hydrogen) atoms. The molecule has 2 rings (SSSR count). The first-order valence-electron chi connectivity index (χ1n) is 7.85. The fourth-order valence-corrected chi connectivity index (χ4v) is 2.43. The molecule has 0 spiro atoms. The van der Waals surface area contributed by atoms with E-state index in [-0.39, 0.29) is 23.8 Å². The summed E-state index contributed by atoms with van der Waals surface area (Å²) in [7, 11) is 0. The third kappa shape index (κ3) is 5.93. The monoisotopic (exact) mass is 423 g/mol. The molecule has 0 fully saturated rings. The Labute approximate surface area is 159 Å². The lowest BCUT2D eigenvalue weighted by atomic mass is 10.0. The summed E-state index contributed by atoms with van der Waals surface area (Å²) in [6.45, 7) is 0. The zero-order chi connectivity index (χ0) is 22.0. The van der Waals surface area contributed by atoms with E-state index in [1.165, 1.54) is 12.1 Å². The van der Waals surface area contributed by atoms with Crippen LogP contribution in [0, 0.1) is 5.82 Å². The number of alkyl halides is 6. The third-order valence-corrected chi connectivity index (χ3v) is 3.78. The van der Waals surface area contributed by atoms with E-state index >= 15 is 0 Å². The van der Waals surface area contributed by atoms with Crippen LogP contribution < -0.4 is 5.32 Å². The second kappa shape index (κ2) is 8.10. The van der Waals surface area contributed by atoms with E-state index in [0.29, 0.717) is 0 Å². The lowest BCUT2D eigenvalue weighted by Gasteiger charge is -2.17. The topological polar surface area (TPSA) is 66.4 Å². The number of carbonyl (C=O) groups excluding carboxylic acids is 1. The van der Waals surface area contributed by atoms with Crippen molar-refractivity contribution < 1.29 is 45.4 Å². The SMILES string of the molecule is O=C(N[C@H](Cc1cccc(F)c1)C(=O)O)c1cc(C(F)(F)F)cc(C(F)(F)F)c1. The Kier molecular flexibility index (Phi) is 6.19. The van der Waals surface area contributed by atoms with Gasteiger partial charge in [0.1, 0.15) is 11.9 Å². The van der Waals surface area contributed by atoms with Crippen LogP contribution in [0.4, 0.5) is 30.7 Å². The number of carboxylic acid groups (broad SMARTS) is 1. The van der Waals surface area contributed by atoms with Crippen LogP contribution >= 0.6 is 0 Å². The van der Waals surface area contributed by atoms with Gasteiger partial charge in [-0.3, -0.25) is 4.79 Å². The van der Waals surface area contributed by atoms with Gasteiger partial charge in [-0.1, -0.05) is 12.1 Å². The molecule has 2 aromatic rings. The standard InChI is InChI=1S/C18H12F7NO3/c19-13-3-1-2-9(4-13)5-14(16(28)29)26-15(27)10-6-11(17(20,21)22)8-12(7-10)18(23,24)25/h1-4,6-8,14H,5H2,(H,26,27)(H,28,29)/t14-/m1/s1. The summed E-state index contributed by atoms with van der Waals surface area (Å²) >= 11 is 0. The van der Waals surface area contributed by atoms with Crippen molar-refractivity contribution in [3.63, 3.8) is 0 Å². The molecule has 11 heteroatoms. The minimum absolute atomic E-state index is 0.151. The second-order valence-electron chi connectivity index (χ2n) is 5.99. The van der Waals surface area contributed by atoms with Crippen molar-refractivity contribution in [2.45, 2.75) is 24.8 Å². The Morgan fingerprint density at radius 3 is 1.93 bits per heavy atom. The van der Waals surface area contributed by atoms with Crippen molar-refractivity contribution in [3.05, 3.63) is 70.5 Å².